The summed E-state index contributed by atoms with van der Waals surface area (Å²) in [6.07, 6.45) is 6.95. The number of likely N-dealkylation sites (tertiary alicyclic amines) is 1. The van der Waals surface area contributed by atoms with Gasteiger partial charge in [-0.3, -0.25) is 4.79 Å². The van der Waals surface area contributed by atoms with E-state index in [-0.39, 0.29) is 12.8 Å². The summed E-state index contributed by atoms with van der Waals surface area (Å²) in [5.74, 6) is -3.75. The first-order valence-electron chi connectivity index (χ1n) is 10.9. The number of hydrogen-bond donors (Lipinski definition) is 2. The molecule has 2 N–H and O–H groups in total. The molecule has 2 saturated carbocycles. The highest BCUT2D eigenvalue weighted by atomic mass is 19.3. The molecule has 1 aliphatic heterocycles. The van der Waals surface area contributed by atoms with E-state index in [1.807, 2.05) is 6.07 Å². The molecule has 3 amide bonds. The van der Waals surface area contributed by atoms with Crippen LogP contribution in [0.3, 0.4) is 0 Å². The lowest BCUT2D eigenvalue weighted by molar-refractivity contribution is -0.126. The second kappa shape index (κ2) is 8.45. The normalized spacial score (nSPS) is 23.3. The first-order chi connectivity index (χ1) is 13.7. The molecular formula is C21H32F2N4O2. The Morgan fingerprint density at radius 2 is 1.76 bits per heavy atom. The summed E-state index contributed by atoms with van der Waals surface area (Å²) in [6.45, 7) is 2.84. The second-order valence-electron chi connectivity index (χ2n) is 9.19. The number of carbonyl (C=O) groups is 2. The van der Waals surface area contributed by atoms with Gasteiger partial charge in [0.15, 0.2) is 0 Å². The van der Waals surface area contributed by atoms with Gasteiger partial charge in [-0.2, -0.15) is 5.26 Å². The second-order valence-corrected chi connectivity index (χ2v) is 9.19. The minimum absolute atomic E-state index is 0.283. The van der Waals surface area contributed by atoms with Crippen molar-refractivity contribution in [2.45, 2.75) is 95.1 Å². The Morgan fingerprint density at radius 3 is 2.28 bits per heavy atom. The Morgan fingerprint density at radius 1 is 1.14 bits per heavy atom. The number of carbonyl (C=O) groups excluding carboxylic acids is 2. The lowest BCUT2D eigenvalue weighted by Crippen LogP contribution is -2.56. The van der Waals surface area contributed by atoms with E-state index < -0.39 is 35.9 Å². The van der Waals surface area contributed by atoms with Crippen molar-refractivity contribution in [1.29, 1.82) is 5.26 Å². The predicted octanol–water partition coefficient (Wildman–Crippen LogP) is 3.72. The zero-order valence-corrected chi connectivity index (χ0v) is 17.2. The Hall–Kier alpha value is -1.91. The number of urea groups is 1. The molecule has 1 unspecified atom stereocenters. The average Bonchev–Trinajstić information content (AvgIpc) is 3.31. The average molecular weight is 411 g/mol. The lowest BCUT2D eigenvalue weighted by atomic mass is 9.77. The third-order valence-corrected chi connectivity index (χ3v) is 6.83. The fraction of sp³-hybridized carbons (Fsp3) is 0.857. The van der Waals surface area contributed by atoms with E-state index in [2.05, 4.69) is 10.6 Å². The monoisotopic (exact) mass is 410 g/mol. The Kier molecular flexibility index (Phi) is 6.35. The number of halogens is 2. The maximum absolute atomic E-state index is 14.2. The SMILES string of the molecule is CCCC(F)(F)CC(NC(=O)N1CCC2(CCCC2)CC1)C(=O)NC1(C#N)CC1. The molecule has 29 heavy (non-hydrogen) atoms. The number of rotatable bonds is 7. The van der Waals surface area contributed by atoms with Crippen LogP contribution < -0.4 is 10.6 Å². The molecule has 3 fully saturated rings. The van der Waals surface area contributed by atoms with Crippen LogP contribution >= 0.6 is 0 Å². The minimum Gasteiger partial charge on any atom is -0.336 e. The van der Waals surface area contributed by atoms with E-state index in [4.69, 9.17) is 0 Å². The highest BCUT2D eigenvalue weighted by molar-refractivity contribution is 5.88. The molecule has 6 nitrogen and oxygen atoms in total. The molecule has 1 heterocycles. The number of amides is 3. The first-order valence-corrected chi connectivity index (χ1v) is 10.9. The van der Waals surface area contributed by atoms with Crippen molar-refractivity contribution in [3.63, 3.8) is 0 Å². The molecule has 0 radical (unpaired) electrons. The van der Waals surface area contributed by atoms with E-state index in [9.17, 15) is 23.6 Å². The summed E-state index contributed by atoms with van der Waals surface area (Å²) in [6, 6.07) is 0.213. The number of piperidine rings is 1. The van der Waals surface area contributed by atoms with Gasteiger partial charge in [0, 0.05) is 25.9 Å². The fourth-order valence-electron chi connectivity index (χ4n) is 4.74. The molecule has 1 saturated heterocycles. The summed E-state index contributed by atoms with van der Waals surface area (Å²) in [4.78, 5) is 27.0. The van der Waals surface area contributed by atoms with Crippen LogP contribution in [0.1, 0.15) is 77.6 Å². The molecule has 0 aromatic heterocycles. The summed E-state index contributed by atoms with van der Waals surface area (Å²) in [5.41, 5.74) is -0.618. The highest BCUT2D eigenvalue weighted by Crippen LogP contribution is 2.46. The van der Waals surface area contributed by atoms with E-state index in [0.717, 1.165) is 12.8 Å². The molecule has 0 aromatic carbocycles. The molecular weight excluding hydrogens is 378 g/mol. The van der Waals surface area contributed by atoms with Crippen LogP contribution in [0.25, 0.3) is 0 Å². The van der Waals surface area contributed by atoms with Crippen LogP contribution in [-0.4, -0.2) is 47.4 Å². The number of nitrogens with one attached hydrogen (secondary N) is 2. The number of alkyl halides is 2. The van der Waals surface area contributed by atoms with Crippen molar-refractivity contribution in [3.05, 3.63) is 0 Å². The van der Waals surface area contributed by atoms with Crippen molar-refractivity contribution >= 4 is 11.9 Å². The van der Waals surface area contributed by atoms with Gasteiger partial charge in [0.1, 0.15) is 11.6 Å². The Balaban J connectivity index is 1.61. The van der Waals surface area contributed by atoms with Crippen LogP contribution in [0.2, 0.25) is 0 Å². The molecule has 8 heteroatoms. The molecule has 3 aliphatic rings. The van der Waals surface area contributed by atoms with Crippen molar-refractivity contribution in [1.82, 2.24) is 15.5 Å². The van der Waals surface area contributed by atoms with Crippen LogP contribution in [0.5, 0.6) is 0 Å². The van der Waals surface area contributed by atoms with Gasteiger partial charge in [0.05, 0.1) is 6.07 Å². The van der Waals surface area contributed by atoms with Crippen molar-refractivity contribution < 1.29 is 18.4 Å². The van der Waals surface area contributed by atoms with Gasteiger partial charge in [-0.25, -0.2) is 13.6 Å². The molecule has 1 atom stereocenters. The van der Waals surface area contributed by atoms with Crippen molar-refractivity contribution in [3.8, 4) is 6.07 Å². The maximum Gasteiger partial charge on any atom is 0.318 e. The third-order valence-electron chi connectivity index (χ3n) is 6.83. The third kappa shape index (κ3) is 5.37. The van der Waals surface area contributed by atoms with Gasteiger partial charge in [-0.1, -0.05) is 26.2 Å². The minimum atomic E-state index is -3.05. The topological polar surface area (TPSA) is 85.2 Å². The van der Waals surface area contributed by atoms with Crippen LogP contribution in [0.4, 0.5) is 13.6 Å². The number of hydrogen-bond acceptors (Lipinski definition) is 3. The lowest BCUT2D eigenvalue weighted by Gasteiger charge is -2.39. The Labute approximate surface area is 171 Å². The molecule has 2 aliphatic carbocycles. The van der Waals surface area contributed by atoms with Crippen LogP contribution in [0, 0.1) is 16.7 Å². The molecule has 1 spiro atoms. The van der Waals surface area contributed by atoms with Crippen LogP contribution in [-0.2, 0) is 4.79 Å². The Bertz CT molecular complexity index is 656. The van der Waals surface area contributed by atoms with E-state index in [0.29, 0.717) is 31.3 Å². The predicted molar refractivity (Wildman–Crippen MR) is 104 cm³/mol. The molecule has 162 valence electrons. The molecule has 0 aromatic rings. The van der Waals surface area contributed by atoms with E-state index in [1.54, 1.807) is 11.8 Å². The smallest absolute Gasteiger partial charge is 0.318 e. The van der Waals surface area contributed by atoms with Crippen molar-refractivity contribution in [2.24, 2.45) is 5.41 Å². The summed E-state index contributed by atoms with van der Waals surface area (Å²) < 4.78 is 28.5. The zero-order chi connectivity index (χ0) is 21.1. The van der Waals surface area contributed by atoms with Gasteiger partial charge >= 0.3 is 6.03 Å². The van der Waals surface area contributed by atoms with Gasteiger partial charge in [-0.05, 0) is 43.9 Å². The number of nitriles is 1. The van der Waals surface area contributed by atoms with Crippen LogP contribution in [0.15, 0.2) is 0 Å². The largest absolute Gasteiger partial charge is 0.336 e. The zero-order valence-electron chi connectivity index (χ0n) is 17.2. The first kappa shape index (κ1) is 21.8. The maximum atomic E-state index is 14.2. The quantitative estimate of drug-likeness (QED) is 0.671. The summed E-state index contributed by atoms with van der Waals surface area (Å²) in [7, 11) is 0. The number of nitrogens with zero attached hydrogens (tertiary/aromatic N) is 2. The fourth-order valence-corrected chi connectivity index (χ4v) is 4.74. The van der Waals surface area contributed by atoms with E-state index >= 15 is 0 Å². The van der Waals surface area contributed by atoms with Gasteiger partial charge < -0.3 is 15.5 Å². The van der Waals surface area contributed by atoms with Gasteiger partial charge in [-0.15, -0.1) is 0 Å². The van der Waals surface area contributed by atoms with Gasteiger partial charge in [0.2, 0.25) is 5.91 Å². The highest BCUT2D eigenvalue weighted by Gasteiger charge is 2.47. The molecule has 3 rings (SSSR count). The standard InChI is InChI=1S/C21H32F2N4O2/c1-2-5-21(22,23)14-16(17(28)26-20(15-24)8-9-20)25-18(29)27-12-10-19(11-13-27)6-3-4-7-19/h16H,2-14H2,1H3,(H,25,29)(H,26,28). The van der Waals surface area contributed by atoms with Gasteiger partial charge in [0.25, 0.3) is 5.92 Å². The van der Waals surface area contributed by atoms with Crippen molar-refractivity contribution in [2.75, 3.05) is 13.1 Å². The van der Waals surface area contributed by atoms with E-state index in [1.165, 1.54) is 25.7 Å². The summed E-state index contributed by atoms with van der Waals surface area (Å²) >= 11 is 0. The summed E-state index contributed by atoms with van der Waals surface area (Å²) in [5, 5.41) is 14.3. The molecule has 0 bridgehead atoms.